The minimum absolute atomic E-state index is 0.0481. The molecule has 3 atom stereocenters. The Balaban J connectivity index is 0.00000189. The molecule has 4 fully saturated rings. The molecule has 2 N–H and O–H groups in total. The van der Waals surface area contributed by atoms with E-state index < -0.39 is 36.7 Å². The number of nitrogens with zero attached hydrogens (tertiary/aromatic N) is 4. The maximum atomic E-state index is 13.1. The summed E-state index contributed by atoms with van der Waals surface area (Å²) < 4.78 is 44.4. The zero-order valence-corrected chi connectivity index (χ0v) is 24.9. The van der Waals surface area contributed by atoms with Crippen molar-refractivity contribution in [2.45, 2.75) is 102 Å². The second-order valence-electron chi connectivity index (χ2n) is 12.0. The Morgan fingerprint density at radius 2 is 1.78 bits per heavy atom. The van der Waals surface area contributed by atoms with Crippen LogP contribution in [0.3, 0.4) is 0 Å². The molecule has 0 aliphatic heterocycles. The quantitative estimate of drug-likeness (QED) is 0.436. The van der Waals surface area contributed by atoms with Gasteiger partial charge in [0.25, 0.3) is 12.3 Å². The third-order valence-corrected chi connectivity index (χ3v) is 7.89. The zero-order valence-electron chi connectivity index (χ0n) is 24.9. The first-order valence-corrected chi connectivity index (χ1v) is 14.2. The number of carbonyl (C=O) groups is 2. The van der Waals surface area contributed by atoms with Crippen LogP contribution in [0.1, 0.15) is 88.8 Å². The zero-order chi connectivity index (χ0) is 30.1. The number of alkyl halides is 2. The van der Waals surface area contributed by atoms with Crippen molar-refractivity contribution in [3.63, 3.8) is 0 Å². The molecule has 3 unspecified atom stereocenters. The van der Waals surface area contributed by atoms with Gasteiger partial charge >= 0.3 is 6.09 Å². The number of nitrogens with one attached hydrogen (secondary N) is 2. The van der Waals surface area contributed by atoms with Crippen LogP contribution in [-0.4, -0.2) is 69.5 Å². The van der Waals surface area contributed by atoms with Crippen LogP contribution in [0, 0.1) is 5.92 Å². The smallest absolute Gasteiger partial charge is 0.407 e. The Morgan fingerprint density at radius 1 is 1.12 bits per heavy atom. The van der Waals surface area contributed by atoms with Crippen molar-refractivity contribution < 1.29 is 32.6 Å². The van der Waals surface area contributed by atoms with Gasteiger partial charge in [0.05, 0.1) is 17.3 Å². The molecule has 11 nitrogen and oxygen atoms in total. The number of ether oxygens (including phenoxy) is 3. The highest BCUT2D eigenvalue weighted by Gasteiger charge is 2.58. The summed E-state index contributed by atoms with van der Waals surface area (Å²) >= 11 is 0. The van der Waals surface area contributed by atoms with Gasteiger partial charge in [0.1, 0.15) is 17.6 Å². The summed E-state index contributed by atoms with van der Waals surface area (Å²) in [6.45, 7) is 9.09. The van der Waals surface area contributed by atoms with Crippen molar-refractivity contribution in [1.82, 2.24) is 24.9 Å². The molecule has 41 heavy (non-hydrogen) atoms. The number of halogens is 2. The number of methoxy groups -OCH3 is 1. The van der Waals surface area contributed by atoms with Crippen molar-refractivity contribution >= 4 is 17.8 Å². The summed E-state index contributed by atoms with van der Waals surface area (Å²) in [6.07, 6.45) is 0.525. The second-order valence-corrected chi connectivity index (χ2v) is 12.0. The molecular formula is C28H42F2N6O5. The van der Waals surface area contributed by atoms with Crippen molar-refractivity contribution in [3.05, 3.63) is 23.5 Å². The number of rotatable bonds is 9. The molecule has 2 heterocycles. The Morgan fingerprint density at radius 3 is 2.34 bits per heavy atom. The molecule has 2 amide bonds. The molecule has 6 rings (SSSR count). The molecule has 13 heteroatoms. The lowest BCUT2D eigenvalue weighted by atomic mass is 9.50. The average Bonchev–Trinajstić information content (AvgIpc) is 3.57. The van der Waals surface area contributed by atoms with Crippen molar-refractivity contribution in [1.29, 1.82) is 0 Å². The number of hydrogen-bond acceptors (Lipinski definition) is 7. The molecule has 4 aliphatic rings. The summed E-state index contributed by atoms with van der Waals surface area (Å²) in [6, 6.07) is 3.13. The van der Waals surface area contributed by atoms with Crippen molar-refractivity contribution in [2.24, 2.45) is 13.0 Å². The van der Waals surface area contributed by atoms with Crippen molar-refractivity contribution in [3.8, 4) is 5.88 Å². The number of amides is 2. The molecule has 0 aromatic carbocycles. The molecule has 2 aromatic heterocycles. The highest BCUT2D eigenvalue weighted by atomic mass is 19.3. The van der Waals surface area contributed by atoms with Gasteiger partial charge in [0.2, 0.25) is 5.88 Å². The van der Waals surface area contributed by atoms with Gasteiger partial charge in [-0.1, -0.05) is 13.8 Å². The van der Waals surface area contributed by atoms with Gasteiger partial charge < -0.3 is 24.8 Å². The van der Waals surface area contributed by atoms with E-state index in [1.54, 1.807) is 11.8 Å². The van der Waals surface area contributed by atoms with Gasteiger partial charge in [-0.2, -0.15) is 5.10 Å². The van der Waals surface area contributed by atoms with E-state index in [-0.39, 0.29) is 29.1 Å². The minimum atomic E-state index is -2.65. The first-order valence-electron chi connectivity index (χ1n) is 14.2. The topological polar surface area (TPSA) is 122 Å². The largest absolute Gasteiger partial charge is 0.471 e. The molecule has 2 bridgehead atoms. The van der Waals surface area contributed by atoms with Crippen LogP contribution in [0.25, 0.3) is 0 Å². The van der Waals surface area contributed by atoms with Gasteiger partial charge in [-0.3, -0.25) is 9.48 Å². The fourth-order valence-corrected chi connectivity index (χ4v) is 5.84. The van der Waals surface area contributed by atoms with E-state index in [0.29, 0.717) is 18.7 Å². The van der Waals surface area contributed by atoms with Gasteiger partial charge in [-0.15, -0.1) is 5.10 Å². The Kier molecular flexibility index (Phi) is 8.95. The Labute approximate surface area is 239 Å². The van der Waals surface area contributed by atoms with Crippen LogP contribution in [0.2, 0.25) is 0 Å². The van der Waals surface area contributed by atoms with Crippen LogP contribution in [-0.2, 0) is 22.1 Å². The Bertz CT molecular complexity index is 1220. The molecule has 2 aromatic rings. The highest BCUT2D eigenvalue weighted by molar-refractivity contribution is 6.02. The summed E-state index contributed by atoms with van der Waals surface area (Å²) in [5, 5.41) is 14.7. The van der Waals surface area contributed by atoms with Crippen LogP contribution in [0.15, 0.2) is 12.1 Å². The predicted molar refractivity (Wildman–Crippen MR) is 147 cm³/mol. The number of aryl methyl sites for hydroxylation is 1. The van der Waals surface area contributed by atoms with Gasteiger partial charge in [0.15, 0.2) is 6.61 Å². The molecule has 0 radical (unpaired) electrons. The summed E-state index contributed by atoms with van der Waals surface area (Å²) in [5.41, 5.74) is 0.367. The molecular weight excluding hydrogens is 538 g/mol. The van der Waals surface area contributed by atoms with E-state index in [0.717, 1.165) is 30.9 Å². The normalized spacial score (nSPS) is 26.4. The maximum Gasteiger partial charge on any atom is 0.407 e. The average molecular weight is 581 g/mol. The molecule has 0 spiro atoms. The lowest BCUT2D eigenvalue weighted by molar-refractivity contribution is -0.0586. The van der Waals surface area contributed by atoms with E-state index >= 15 is 0 Å². The number of anilines is 1. The third kappa shape index (κ3) is 6.65. The standard InChI is InChI=1S/C26H36F2N6O5.C2H6/c1-25(2,3)34-21(29-23(35)17-9-22(32-33(17)4)38-13-20(27)28)8-16(31-34)15-6-18(37-5)19(7-15)39-24(36)30-26-10-14(11-26)12-26;1-2/h8-9,14-15,18-20H,6-7,10-13H2,1-5H3,(H,29,35)(H,30,36);1-2H3. The third-order valence-electron chi connectivity index (χ3n) is 7.89. The van der Waals surface area contributed by atoms with E-state index in [9.17, 15) is 18.4 Å². The van der Waals surface area contributed by atoms with Crippen LogP contribution >= 0.6 is 0 Å². The molecule has 228 valence electrons. The fraction of sp³-hybridized carbons (Fsp3) is 0.714. The molecule has 0 saturated heterocycles. The second kappa shape index (κ2) is 11.9. The van der Waals surface area contributed by atoms with E-state index in [1.165, 1.54) is 17.8 Å². The Hall–Kier alpha value is -3.22. The number of alkyl carbamates (subject to hydrolysis) is 1. The number of hydrogen-bond donors (Lipinski definition) is 2. The van der Waals surface area contributed by atoms with Gasteiger partial charge in [-0.05, 0) is 58.8 Å². The van der Waals surface area contributed by atoms with Gasteiger partial charge in [-0.25, -0.2) is 18.3 Å². The monoisotopic (exact) mass is 580 g/mol. The fourth-order valence-electron chi connectivity index (χ4n) is 5.84. The van der Waals surface area contributed by atoms with E-state index in [1.807, 2.05) is 40.7 Å². The van der Waals surface area contributed by atoms with Crippen LogP contribution in [0.5, 0.6) is 5.88 Å². The summed E-state index contributed by atoms with van der Waals surface area (Å²) in [5.74, 6) is 0.626. The lowest BCUT2D eigenvalue weighted by Gasteiger charge is -2.61. The minimum Gasteiger partial charge on any atom is -0.471 e. The van der Waals surface area contributed by atoms with Crippen LogP contribution in [0.4, 0.5) is 19.4 Å². The predicted octanol–water partition coefficient (Wildman–Crippen LogP) is 4.83. The first-order chi connectivity index (χ1) is 19.4. The number of carbonyl (C=O) groups excluding carboxylic acids is 2. The van der Waals surface area contributed by atoms with Crippen molar-refractivity contribution in [2.75, 3.05) is 19.0 Å². The van der Waals surface area contributed by atoms with E-state index in [4.69, 9.17) is 19.3 Å². The molecule has 4 aliphatic carbocycles. The first kappa shape index (κ1) is 30.7. The maximum absolute atomic E-state index is 13.1. The lowest BCUT2D eigenvalue weighted by Crippen LogP contribution is -2.68. The summed E-state index contributed by atoms with van der Waals surface area (Å²) in [4.78, 5) is 25.7. The van der Waals surface area contributed by atoms with Crippen LogP contribution < -0.4 is 15.4 Å². The number of aromatic nitrogens is 4. The SMILES string of the molecule is CC.COC1CC(c2cc(NC(=O)c3cc(OCC(F)F)nn3C)n(C(C)(C)C)n2)CC1OC(=O)NC12CC(C1)C2. The van der Waals surface area contributed by atoms with E-state index in [2.05, 4.69) is 15.7 Å². The van der Waals surface area contributed by atoms with Gasteiger partial charge in [0, 0.05) is 37.7 Å². The summed E-state index contributed by atoms with van der Waals surface area (Å²) in [7, 11) is 3.14. The molecule has 4 saturated carbocycles. The highest BCUT2D eigenvalue weighted by Crippen LogP contribution is 2.57.